The average molecular weight is 334 g/mol. The topological polar surface area (TPSA) is 93.0 Å². The van der Waals surface area contributed by atoms with Crippen LogP contribution >= 0.6 is 0 Å². The zero-order valence-electron chi connectivity index (χ0n) is 13.2. The molecular weight excluding hydrogens is 320 g/mol. The highest BCUT2D eigenvalue weighted by molar-refractivity contribution is 6.09. The molecular formula is C17H14N6O2. The molecule has 0 bridgehead atoms. The molecule has 0 saturated carbocycles. The van der Waals surface area contributed by atoms with Gasteiger partial charge in [0.15, 0.2) is 0 Å². The lowest BCUT2D eigenvalue weighted by Gasteiger charge is -2.28. The molecule has 0 unspecified atom stereocenters. The van der Waals surface area contributed by atoms with Crippen LogP contribution in [-0.4, -0.2) is 38.6 Å². The van der Waals surface area contributed by atoms with E-state index >= 15 is 0 Å². The van der Waals surface area contributed by atoms with Gasteiger partial charge in [0, 0.05) is 5.56 Å². The first kappa shape index (κ1) is 15.0. The molecule has 0 spiro atoms. The Morgan fingerprint density at radius 2 is 1.84 bits per heavy atom. The molecule has 8 heteroatoms. The van der Waals surface area contributed by atoms with Crippen LogP contribution in [0.25, 0.3) is 11.4 Å². The van der Waals surface area contributed by atoms with Gasteiger partial charge in [-0.15, -0.1) is 10.2 Å². The highest BCUT2D eigenvalue weighted by Gasteiger charge is 2.27. The van der Waals surface area contributed by atoms with E-state index in [2.05, 4.69) is 20.7 Å². The molecule has 2 aromatic carbocycles. The van der Waals surface area contributed by atoms with Crippen LogP contribution in [0.4, 0.5) is 11.4 Å². The fourth-order valence-electron chi connectivity index (χ4n) is 2.68. The molecule has 3 aromatic rings. The van der Waals surface area contributed by atoms with Crippen molar-refractivity contribution >= 4 is 23.2 Å². The molecule has 2 amide bonds. The number of benzene rings is 2. The summed E-state index contributed by atoms with van der Waals surface area (Å²) in [5.74, 6) is -0.0620. The second kappa shape index (κ2) is 6.16. The fraction of sp³-hybridized carbons (Fsp3) is 0.118. The van der Waals surface area contributed by atoms with Crippen molar-refractivity contribution in [1.82, 2.24) is 20.2 Å². The van der Waals surface area contributed by atoms with E-state index in [1.807, 2.05) is 36.4 Å². The average Bonchev–Trinajstić information content (AvgIpc) is 3.10. The number of carbonyl (C=O) groups excluding carboxylic acids is 2. The predicted octanol–water partition coefficient (Wildman–Crippen LogP) is 1.33. The van der Waals surface area contributed by atoms with E-state index in [0.717, 1.165) is 5.56 Å². The number of para-hydroxylation sites is 2. The van der Waals surface area contributed by atoms with Gasteiger partial charge in [-0.1, -0.05) is 42.5 Å². The molecule has 0 saturated heterocycles. The molecule has 1 aliphatic heterocycles. The van der Waals surface area contributed by atoms with Crippen LogP contribution in [-0.2, 0) is 16.1 Å². The van der Waals surface area contributed by atoms with Gasteiger partial charge in [0.05, 0.1) is 11.4 Å². The van der Waals surface area contributed by atoms with Crippen molar-refractivity contribution in [1.29, 1.82) is 0 Å². The predicted molar refractivity (Wildman–Crippen MR) is 90.7 cm³/mol. The minimum Gasteiger partial charge on any atom is -0.323 e. The van der Waals surface area contributed by atoms with Crippen molar-refractivity contribution in [3.8, 4) is 11.4 Å². The molecule has 1 aliphatic rings. The number of nitrogens with zero attached hydrogens (tertiary/aromatic N) is 5. The highest BCUT2D eigenvalue weighted by atomic mass is 16.2. The summed E-state index contributed by atoms with van der Waals surface area (Å²) in [7, 11) is 0. The summed E-state index contributed by atoms with van der Waals surface area (Å²) in [5.41, 5.74) is 2.10. The Bertz CT molecular complexity index is 937. The van der Waals surface area contributed by atoms with E-state index in [9.17, 15) is 9.59 Å². The van der Waals surface area contributed by atoms with E-state index in [1.54, 1.807) is 18.2 Å². The molecule has 8 nitrogen and oxygen atoms in total. The van der Waals surface area contributed by atoms with E-state index < -0.39 is 0 Å². The number of rotatable bonds is 3. The van der Waals surface area contributed by atoms with E-state index in [4.69, 9.17) is 0 Å². The van der Waals surface area contributed by atoms with Gasteiger partial charge in [-0.25, -0.2) is 0 Å². The monoisotopic (exact) mass is 334 g/mol. The number of carbonyl (C=O) groups is 2. The Labute approximate surface area is 143 Å². The van der Waals surface area contributed by atoms with Crippen molar-refractivity contribution in [3.05, 3.63) is 54.6 Å². The van der Waals surface area contributed by atoms with Crippen molar-refractivity contribution in [2.24, 2.45) is 0 Å². The molecule has 124 valence electrons. The molecule has 4 rings (SSSR count). The van der Waals surface area contributed by atoms with Gasteiger partial charge >= 0.3 is 0 Å². The molecule has 0 atom stereocenters. The van der Waals surface area contributed by atoms with Gasteiger partial charge < -0.3 is 5.32 Å². The normalized spacial score (nSPS) is 13.3. The fourth-order valence-corrected chi connectivity index (χ4v) is 2.68. The standard InChI is InChI=1S/C17H14N6O2/c24-15-10-22(14-9-5-4-8-13(14)18-15)16(25)11-23-20-17(19-21-23)12-6-2-1-3-7-12/h1-9H,10-11H2,(H,18,24). The molecule has 1 aromatic heterocycles. The third-order valence-corrected chi connectivity index (χ3v) is 3.83. The Morgan fingerprint density at radius 3 is 2.68 bits per heavy atom. The smallest absolute Gasteiger partial charge is 0.251 e. The quantitative estimate of drug-likeness (QED) is 0.780. The molecule has 0 fully saturated rings. The summed E-state index contributed by atoms with van der Waals surface area (Å²) in [5, 5.41) is 14.9. The third-order valence-electron chi connectivity index (χ3n) is 3.83. The van der Waals surface area contributed by atoms with E-state index in [1.165, 1.54) is 9.70 Å². The van der Waals surface area contributed by atoms with Gasteiger partial charge in [-0.05, 0) is 17.3 Å². The Hall–Kier alpha value is -3.55. The van der Waals surface area contributed by atoms with Crippen LogP contribution in [0.1, 0.15) is 0 Å². The maximum Gasteiger partial charge on any atom is 0.251 e. The van der Waals surface area contributed by atoms with Crippen LogP contribution in [0.2, 0.25) is 0 Å². The van der Waals surface area contributed by atoms with Crippen molar-refractivity contribution in [2.45, 2.75) is 6.54 Å². The first-order valence-electron chi connectivity index (χ1n) is 7.73. The third kappa shape index (κ3) is 2.97. The molecule has 0 radical (unpaired) electrons. The van der Waals surface area contributed by atoms with Gasteiger partial charge in [0.2, 0.25) is 11.7 Å². The van der Waals surface area contributed by atoms with Crippen LogP contribution in [0.3, 0.4) is 0 Å². The maximum absolute atomic E-state index is 12.6. The summed E-state index contributed by atoms with van der Waals surface area (Å²) in [4.78, 5) is 27.1. The highest BCUT2D eigenvalue weighted by Crippen LogP contribution is 2.28. The molecule has 0 aliphatic carbocycles. The number of fused-ring (bicyclic) bond motifs is 1. The lowest BCUT2D eigenvalue weighted by Crippen LogP contribution is -2.43. The minimum absolute atomic E-state index is 0.0317. The zero-order chi connectivity index (χ0) is 17.2. The lowest BCUT2D eigenvalue weighted by molar-refractivity contribution is -0.122. The lowest BCUT2D eigenvalue weighted by atomic mass is 10.2. The van der Waals surface area contributed by atoms with Gasteiger partial charge in [0.25, 0.3) is 5.91 Å². The second-order valence-electron chi connectivity index (χ2n) is 5.55. The second-order valence-corrected chi connectivity index (χ2v) is 5.55. The van der Waals surface area contributed by atoms with Crippen LogP contribution in [0.15, 0.2) is 54.6 Å². The Kier molecular flexibility index (Phi) is 3.70. The van der Waals surface area contributed by atoms with Crippen LogP contribution in [0.5, 0.6) is 0 Å². The van der Waals surface area contributed by atoms with E-state index in [0.29, 0.717) is 17.2 Å². The van der Waals surface area contributed by atoms with Crippen molar-refractivity contribution in [2.75, 3.05) is 16.8 Å². The first-order valence-corrected chi connectivity index (χ1v) is 7.73. The number of nitrogens with one attached hydrogen (secondary N) is 1. The van der Waals surface area contributed by atoms with Crippen LogP contribution < -0.4 is 10.2 Å². The zero-order valence-corrected chi connectivity index (χ0v) is 13.2. The number of aromatic nitrogens is 4. The first-order chi connectivity index (χ1) is 12.2. The molecule has 2 heterocycles. The minimum atomic E-state index is -0.278. The number of hydrogen-bond acceptors (Lipinski definition) is 5. The molecule has 1 N–H and O–H groups in total. The maximum atomic E-state index is 12.6. The summed E-state index contributed by atoms with van der Waals surface area (Å²) >= 11 is 0. The van der Waals surface area contributed by atoms with Crippen LogP contribution in [0, 0.1) is 0 Å². The van der Waals surface area contributed by atoms with Gasteiger partial charge in [-0.2, -0.15) is 4.80 Å². The summed E-state index contributed by atoms with van der Waals surface area (Å²) < 4.78 is 0. The van der Waals surface area contributed by atoms with Crippen molar-refractivity contribution < 1.29 is 9.59 Å². The number of tetrazole rings is 1. The van der Waals surface area contributed by atoms with Gasteiger partial charge in [-0.3, -0.25) is 14.5 Å². The van der Waals surface area contributed by atoms with Crippen molar-refractivity contribution in [3.63, 3.8) is 0 Å². The van der Waals surface area contributed by atoms with Gasteiger partial charge in [0.1, 0.15) is 13.1 Å². The summed E-state index contributed by atoms with van der Waals surface area (Å²) in [6.07, 6.45) is 0. The Morgan fingerprint density at radius 1 is 1.08 bits per heavy atom. The number of amides is 2. The molecule has 25 heavy (non-hydrogen) atoms. The summed E-state index contributed by atoms with van der Waals surface area (Å²) in [6, 6.07) is 16.6. The Balaban J connectivity index is 1.55. The van der Waals surface area contributed by atoms with E-state index in [-0.39, 0.29) is 24.9 Å². The number of anilines is 2. The summed E-state index contributed by atoms with van der Waals surface area (Å²) in [6.45, 7) is -0.127. The number of hydrogen-bond donors (Lipinski definition) is 1. The SMILES string of the molecule is O=C1CN(C(=O)Cn2nnc(-c3ccccc3)n2)c2ccccc2N1. The largest absolute Gasteiger partial charge is 0.323 e.